The minimum atomic E-state index is -4.96. The fraction of sp³-hybridized carbons (Fsp3) is 0.545. The molecule has 4 atom stereocenters. The molecule has 1 saturated heterocycles. The molecule has 0 unspecified atom stereocenters. The van der Waals surface area contributed by atoms with Gasteiger partial charge in [-0.2, -0.15) is 13.2 Å². The van der Waals surface area contributed by atoms with E-state index in [1.54, 1.807) is 0 Å². The largest absolute Gasteiger partial charge is 0.468 e. The molecule has 3 rings (SSSR count). The van der Waals surface area contributed by atoms with Crippen LogP contribution in [0, 0.1) is 0 Å². The van der Waals surface area contributed by atoms with Gasteiger partial charge in [0.25, 0.3) is 0 Å². The van der Waals surface area contributed by atoms with Gasteiger partial charge in [-0.15, -0.1) is 0 Å². The number of aliphatic hydroxyl groups is 2. The summed E-state index contributed by atoms with van der Waals surface area (Å²) in [4.78, 5) is 11.2. The quantitative estimate of drug-likeness (QED) is 0.749. The second kappa shape index (κ2) is 3.96. The third-order valence-electron chi connectivity index (χ3n) is 3.57. The predicted molar refractivity (Wildman–Crippen MR) is 57.1 cm³/mol. The topological polar surface area (TPSA) is 80.9 Å². The lowest BCUT2D eigenvalue weighted by Gasteiger charge is -2.32. The fourth-order valence-electron chi connectivity index (χ4n) is 2.48. The third-order valence-corrected chi connectivity index (χ3v) is 3.57. The number of alkyl halides is 3. The number of hydrogen-bond acceptors (Lipinski definition) is 5. The molecular formula is C11H10F3NO5. The highest BCUT2D eigenvalue weighted by Crippen LogP contribution is 2.50. The van der Waals surface area contributed by atoms with Gasteiger partial charge >= 0.3 is 6.18 Å². The molecule has 0 amide bonds. The molecule has 6 nitrogen and oxygen atoms in total. The van der Waals surface area contributed by atoms with Crippen molar-refractivity contribution in [3.63, 3.8) is 0 Å². The van der Waals surface area contributed by atoms with Crippen LogP contribution in [0.4, 0.5) is 13.2 Å². The molecule has 3 heterocycles. The van der Waals surface area contributed by atoms with Gasteiger partial charge in [-0.1, -0.05) is 0 Å². The zero-order chi connectivity index (χ0) is 14.7. The van der Waals surface area contributed by atoms with E-state index in [0.717, 1.165) is 12.1 Å². The maximum Gasteiger partial charge on any atom is 0.422 e. The van der Waals surface area contributed by atoms with Crippen LogP contribution in [0.2, 0.25) is 0 Å². The third kappa shape index (κ3) is 1.54. The van der Waals surface area contributed by atoms with E-state index in [0.29, 0.717) is 0 Å². The summed E-state index contributed by atoms with van der Waals surface area (Å²) in [6.45, 7) is -1.43. The molecule has 9 heteroatoms. The van der Waals surface area contributed by atoms with E-state index >= 15 is 0 Å². The van der Waals surface area contributed by atoms with E-state index in [1.807, 2.05) is 0 Å². The highest BCUT2D eigenvalue weighted by Gasteiger charge is 2.71. The first-order chi connectivity index (χ1) is 9.30. The lowest BCUT2D eigenvalue weighted by Crippen LogP contribution is -2.58. The van der Waals surface area contributed by atoms with Gasteiger partial charge in [-0.3, -0.25) is 9.36 Å². The summed E-state index contributed by atoms with van der Waals surface area (Å²) in [5.41, 5.74) is -3.47. The van der Waals surface area contributed by atoms with Crippen molar-refractivity contribution in [2.45, 2.75) is 30.2 Å². The van der Waals surface area contributed by atoms with Crippen LogP contribution in [0.3, 0.4) is 0 Å². The zero-order valence-electron chi connectivity index (χ0n) is 9.87. The summed E-state index contributed by atoms with van der Waals surface area (Å²) in [6.07, 6.45) is -8.44. The van der Waals surface area contributed by atoms with Crippen molar-refractivity contribution in [1.82, 2.24) is 4.57 Å². The van der Waals surface area contributed by atoms with Crippen LogP contribution in [0.25, 0.3) is 0 Å². The monoisotopic (exact) mass is 293 g/mol. The molecule has 0 aliphatic carbocycles. The molecule has 2 N–H and O–H groups in total. The summed E-state index contributed by atoms with van der Waals surface area (Å²) in [5, 5.41) is 18.9. The molecule has 0 saturated carbocycles. The molecule has 1 aromatic heterocycles. The normalized spacial score (nSPS) is 35.5. The Hall–Kier alpha value is -1.58. The van der Waals surface area contributed by atoms with Gasteiger partial charge in [0, 0.05) is 18.3 Å². The smallest absolute Gasteiger partial charge is 0.422 e. The van der Waals surface area contributed by atoms with Gasteiger partial charge in [0.15, 0.2) is 23.6 Å². The summed E-state index contributed by atoms with van der Waals surface area (Å²) in [7, 11) is 0. The average molecular weight is 293 g/mol. The Labute approximate surface area is 110 Å². The Kier molecular flexibility index (Phi) is 2.66. The van der Waals surface area contributed by atoms with Gasteiger partial charge in [-0.25, -0.2) is 0 Å². The van der Waals surface area contributed by atoms with Gasteiger partial charge in [0.2, 0.25) is 5.60 Å². The summed E-state index contributed by atoms with van der Waals surface area (Å²) >= 11 is 0. The lowest BCUT2D eigenvalue weighted by atomic mass is 9.95. The van der Waals surface area contributed by atoms with E-state index < -0.39 is 36.8 Å². The van der Waals surface area contributed by atoms with Crippen LogP contribution in [-0.2, 0) is 4.74 Å². The van der Waals surface area contributed by atoms with Crippen molar-refractivity contribution >= 4 is 0 Å². The van der Waals surface area contributed by atoms with E-state index in [1.165, 1.54) is 10.8 Å². The van der Waals surface area contributed by atoms with Crippen molar-refractivity contribution in [2.75, 3.05) is 6.61 Å². The average Bonchev–Trinajstić information content (AvgIpc) is 2.83. The highest BCUT2D eigenvalue weighted by atomic mass is 19.4. The fourth-order valence-corrected chi connectivity index (χ4v) is 2.48. The zero-order valence-corrected chi connectivity index (χ0v) is 9.87. The van der Waals surface area contributed by atoms with Crippen LogP contribution >= 0.6 is 0 Å². The number of pyridine rings is 1. The van der Waals surface area contributed by atoms with Crippen LogP contribution in [-0.4, -0.2) is 45.4 Å². The number of fused-ring (bicyclic) bond motifs is 3. The standard InChI is InChI=1S/C11H10F3NO5/c12-11(13,14)10(4-16)8(18)7-9(20-10)15-2-1-5(17)3-6(15)19-7/h1-3,7-9,16,18H,4H2/t7-,8-,9+,10+/m0/s1. The SMILES string of the molecule is O=c1ccn2c(c1)O[C@@H]1[C@H]2O[C@@](CO)(C(F)(F)F)[C@H]1O. The minimum absolute atomic E-state index is 0.0141. The Morgan fingerprint density at radius 3 is 2.75 bits per heavy atom. The molecule has 1 aromatic rings. The van der Waals surface area contributed by atoms with Crippen molar-refractivity contribution in [2.24, 2.45) is 0 Å². The van der Waals surface area contributed by atoms with E-state index in [-0.39, 0.29) is 11.3 Å². The second-order valence-electron chi connectivity index (χ2n) is 4.69. The molecule has 0 bridgehead atoms. The van der Waals surface area contributed by atoms with Crippen LogP contribution in [0.1, 0.15) is 6.23 Å². The van der Waals surface area contributed by atoms with Gasteiger partial charge in [-0.05, 0) is 0 Å². The van der Waals surface area contributed by atoms with Gasteiger partial charge < -0.3 is 19.7 Å². The number of halogens is 3. The molecule has 2 aliphatic rings. The molecule has 2 aliphatic heterocycles. The van der Waals surface area contributed by atoms with Crippen molar-refractivity contribution in [3.8, 4) is 5.88 Å². The second-order valence-corrected chi connectivity index (χ2v) is 4.69. The van der Waals surface area contributed by atoms with E-state index in [2.05, 4.69) is 0 Å². The first-order valence-electron chi connectivity index (χ1n) is 5.72. The van der Waals surface area contributed by atoms with Gasteiger partial charge in [0.05, 0.1) is 6.61 Å². The molecular weight excluding hydrogens is 283 g/mol. The molecule has 0 spiro atoms. The van der Waals surface area contributed by atoms with Crippen molar-refractivity contribution < 1.29 is 32.9 Å². The maximum absolute atomic E-state index is 13.1. The number of hydrogen-bond donors (Lipinski definition) is 2. The summed E-state index contributed by atoms with van der Waals surface area (Å²) in [5.74, 6) is 0.0141. The molecule has 110 valence electrons. The van der Waals surface area contributed by atoms with Gasteiger partial charge in [0.1, 0.15) is 6.10 Å². The molecule has 0 radical (unpaired) electrons. The number of ether oxygens (including phenoxy) is 2. The molecule has 0 aromatic carbocycles. The summed E-state index contributed by atoms with van der Waals surface area (Å²) < 4.78 is 50.4. The first kappa shape index (κ1) is 13.4. The minimum Gasteiger partial charge on any atom is -0.468 e. The lowest BCUT2D eigenvalue weighted by molar-refractivity contribution is -0.306. The Morgan fingerprint density at radius 1 is 1.45 bits per heavy atom. The number of aliphatic hydroxyl groups excluding tert-OH is 2. The number of rotatable bonds is 1. The van der Waals surface area contributed by atoms with E-state index in [9.17, 15) is 23.1 Å². The molecule has 1 fully saturated rings. The van der Waals surface area contributed by atoms with Crippen LogP contribution in [0.15, 0.2) is 23.1 Å². The summed E-state index contributed by atoms with van der Waals surface area (Å²) in [6, 6.07) is 2.22. The highest BCUT2D eigenvalue weighted by molar-refractivity contribution is 5.22. The van der Waals surface area contributed by atoms with Crippen LogP contribution < -0.4 is 10.2 Å². The van der Waals surface area contributed by atoms with E-state index in [4.69, 9.17) is 14.6 Å². The Bertz CT molecular complexity index is 600. The predicted octanol–water partition coefficient (Wildman–Crippen LogP) is -0.208. The maximum atomic E-state index is 13.1. The Morgan fingerprint density at radius 2 is 2.15 bits per heavy atom. The Balaban J connectivity index is 2.04. The number of aromatic nitrogens is 1. The van der Waals surface area contributed by atoms with Crippen LogP contribution in [0.5, 0.6) is 5.88 Å². The molecule has 20 heavy (non-hydrogen) atoms. The first-order valence-corrected chi connectivity index (χ1v) is 5.72. The number of nitrogens with zero attached hydrogens (tertiary/aromatic N) is 1. The van der Waals surface area contributed by atoms with Crippen molar-refractivity contribution in [1.29, 1.82) is 0 Å². The van der Waals surface area contributed by atoms with Crippen molar-refractivity contribution in [3.05, 3.63) is 28.6 Å².